The number of amides is 1. The first-order chi connectivity index (χ1) is 8.22. The van der Waals surface area contributed by atoms with E-state index in [-0.39, 0.29) is 12.0 Å². The summed E-state index contributed by atoms with van der Waals surface area (Å²) in [6.45, 7) is 0.463. The van der Waals surface area contributed by atoms with Crippen LogP contribution in [0.15, 0.2) is 0 Å². The van der Waals surface area contributed by atoms with E-state index in [1.165, 1.54) is 25.7 Å². The van der Waals surface area contributed by atoms with Gasteiger partial charge in [0, 0.05) is 13.0 Å². The van der Waals surface area contributed by atoms with E-state index in [0.717, 1.165) is 24.7 Å². The predicted molar refractivity (Wildman–Crippen MR) is 65.3 cm³/mol. The number of hydrogen-bond acceptors (Lipinski definition) is 2. The van der Waals surface area contributed by atoms with Gasteiger partial charge < -0.3 is 10.4 Å². The molecule has 0 spiro atoms. The molecule has 96 valence electrons. The highest BCUT2D eigenvalue weighted by atomic mass is 16.3. The van der Waals surface area contributed by atoms with E-state index in [1.807, 2.05) is 0 Å². The van der Waals surface area contributed by atoms with Crippen LogP contribution in [0.3, 0.4) is 0 Å². The van der Waals surface area contributed by atoms with Crippen LogP contribution in [0.2, 0.25) is 0 Å². The van der Waals surface area contributed by atoms with Crippen LogP contribution in [0.25, 0.3) is 0 Å². The Balaban J connectivity index is 1.38. The average molecular weight is 237 g/mol. The van der Waals surface area contributed by atoms with Crippen molar-refractivity contribution in [2.45, 2.75) is 51.0 Å². The lowest BCUT2D eigenvalue weighted by Gasteiger charge is -2.21. The Kier molecular flexibility index (Phi) is 3.12. The van der Waals surface area contributed by atoms with Gasteiger partial charge in [0.2, 0.25) is 5.91 Å². The SMILES string of the molecule is O=C(CC1CC2CCC1C2)NCC(O)C1CC1. The highest BCUT2D eigenvalue weighted by molar-refractivity contribution is 5.76. The van der Waals surface area contributed by atoms with Gasteiger partial charge in [0.15, 0.2) is 0 Å². The molecule has 1 amide bonds. The molecule has 0 aromatic heterocycles. The summed E-state index contributed by atoms with van der Waals surface area (Å²) in [6.07, 6.45) is 8.01. The molecule has 3 saturated carbocycles. The van der Waals surface area contributed by atoms with E-state index in [9.17, 15) is 9.90 Å². The third-order valence-corrected chi connectivity index (χ3v) is 5.01. The summed E-state index contributed by atoms with van der Waals surface area (Å²) in [4.78, 5) is 11.8. The molecule has 3 rings (SSSR count). The van der Waals surface area contributed by atoms with Crippen LogP contribution in [-0.2, 0) is 4.79 Å². The molecule has 3 fully saturated rings. The minimum Gasteiger partial charge on any atom is -0.391 e. The first kappa shape index (κ1) is 11.5. The number of aliphatic hydroxyl groups excluding tert-OH is 1. The number of rotatable bonds is 5. The Labute approximate surface area is 103 Å². The quantitative estimate of drug-likeness (QED) is 0.764. The fourth-order valence-corrected chi connectivity index (χ4v) is 3.80. The van der Waals surface area contributed by atoms with Crippen LogP contribution in [-0.4, -0.2) is 23.7 Å². The molecule has 2 N–H and O–H groups in total. The second-order valence-corrected chi connectivity index (χ2v) is 6.35. The summed E-state index contributed by atoms with van der Waals surface area (Å²) in [6, 6.07) is 0. The summed E-state index contributed by atoms with van der Waals surface area (Å²) >= 11 is 0. The molecule has 3 heteroatoms. The van der Waals surface area contributed by atoms with E-state index < -0.39 is 0 Å². The lowest BCUT2D eigenvalue weighted by molar-refractivity contribution is -0.122. The van der Waals surface area contributed by atoms with Gasteiger partial charge in [0.1, 0.15) is 0 Å². The third kappa shape index (κ3) is 2.65. The molecule has 3 nitrogen and oxygen atoms in total. The molecule has 0 heterocycles. The van der Waals surface area contributed by atoms with Crippen molar-refractivity contribution in [1.29, 1.82) is 0 Å². The molecular weight excluding hydrogens is 214 g/mol. The molecule has 4 atom stereocenters. The lowest BCUT2D eigenvalue weighted by Crippen LogP contribution is -2.34. The van der Waals surface area contributed by atoms with Crippen LogP contribution in [0.5, 0.6) is 0 Å². The minimum atomic E-state index is -0.307. The Morgan fingerprint density at radius 3 is 2.65 bits per heavy atom. The first-order valence-corrected chi connectivity index (χ1v) is 7.17. The first-order valence-electron chi connectivity index (χ1n) is 7.17. The third-order valence-electron chi connectivity index (χ3n) is 5.01. The van der Waals surface area contributed by atoms with Crippen molar-refractivity contribution in [2.75, 3.05) is 6.54 Å². The van der Waals surface area contributed by atoms with Crippen molar-refractivity contribution in [3.63, 3.8) is 0 Å². The van der Waals surface area contributed by atoms with E-state index in [2.05, 4.69) is 5.32 Å². The van der Waals surface area contributed by atoms with Crippen molar-refractivity contribution >= 4 is 5.91 Å². The van der Waals surface area contributed by atoms with Crippen molar-refractivity contribution in [3.8, 4) is 0 Å². The van der Waals surface area contributed by atoms with Crippen LogP contribution in [0.4, 0.5) is 0 Å². The summed E-state index contributed by atoms with van der Waals surface area (Å²) in [5, 5.41) is 12.6. The maximum Gasteiger partial charge on any atom is 0.220 e. The molecule has 3 aliphatic carbocycles. The Bertz CT molecular complexity index is 301. The summed E-state index contributed by atoms with van der Waals surface area (Å²) < 4.78 is 0. The average Bonchev–Trinajstić information content (AvgIpc) is 2.97. The second kappa shape index (κ2) is 4.60. The molecule has 0 aliphatic heterocycles. The van der Waals surface area contributed by atoms with Gasteiger partial charge in [-0.25, -0.2) is 0 Å². The van der Waals surface area contributed by atoms with Gasteiger partial charge in [-0.05, 0) is 55.8 Å². The molecule has 0 aromatic rings. The van der Waals surface area contributed by atoms with Crippen LogP contribution < -0.4 is 5.32 Å². The monoisotopic (exact) mass is 237 g/mol. The maximum atomic E-state index is 11.8. The standard InChI is InChI=1S/C14H23NO2/c16-13(10-3-4-10)8-15-14(17)7-12-6-9-1-2-11(12)5-9/h9-13,16H,1-8H2,(H,15,17). The number of aliphatic hydroxyl groups is 1. The molecule has 17 heavy (non-hydrogen) atoms. The van der Waals surface area contributed by atoms with E-state index in [0.29, 0.717) is 24.8 Å². The fourth-order valence-electron chi connectivity index (χ4n) is 3.80. The fraction of sp³-hybridized carbons (Fsp3) is 0.929. The van der Waals surface area contributed by atoms with E-state index >= 15 is 0 Å². The van der Waals surface area contributed by atoms with Gasteiger partial charge in [-0.2, -0.15) is 0 Å². The van der Waals surface area contributed by atoms with Crippen molar-refractivity contribution in [2.24, 2.45) is 23.7 Å². The normalized spacial score (nSPS) is 37.1. The highest BCUT2D eigenvalue weighted by Gasteiger charge is 2.40. The number of carbonyl (C=O) groups excluding carboxylic acids is 1. The minimum absolute atomic E-state index is 0.155. The lowest BCUT2D eigenvalue weighted by atomic mass is 9.86. The molecular formula is C14H23NO2. The largest absolute Gasteiger partial charge is 0.391 e. The van der Waals surface area contributed by atoms with Gasteiger partial charge >= 0.3 is 0 Å². The van der Waals surface area contributed by atoms with Gasteiger partial charge in [-0.3, -0.25) is 4.79 Å². The number of carbonyl (C=O) groups is 1. The topological polar surface area (TPSA) is 49.3 Å². The predicted octanol–water partition coefficient (Wildman–Crippen LogP) is 1.70. The van der Waals surface area contributed by atoms with E-state index in [1.54, 1.807) is 0 Å². The van der Waals surface area contributed by atoms with Crippen molar-refractivity contribution in [3.05, 3.63) is 0 Å². The molecule has 4 unspecified atom stereocenters. The Morgan fingerprint density at radius 1 is 1.24 bits per heavy atom. The zero-order valence-corrected chi connectivity index (χ0v) is 10.4. The van der Waals surface area contributed by atoms with Crippen molar-refractivity contribution in [1.82, 2.24) is 5.32 Å². The molecule has 3 aliphatic rings. The van der Waals surface area contributed by atoms with Gasteiger partial charge in [0.25, 0.3) is 0 Å². The number of hydrogen-bond donors (Lipinski definition) is 2. The number of fused-ring (bicyclic) bond motifs is 2. The van der Waals surface area contributed by atoms with Gasteiger partial charge in [-0.1, -0.05) is 6.42 Å². The summed E-state index contributed by atoms with van der Waals surface area (Å²) in [5.41, 5.74) is 0. The van der Waals surface area contributed by atoms with Crippen LogP contribution in [0.1, 0.15) is 44.9 Å². The van der Waals surface area contributed by atoms with Crippen molar-refractivity contribution < 1.29 is 9.90 Å². The van der Waals surface area contributed by atoms with Gasteiger partial charge in [-0.15, -0.1) is 0 Å². The summed E-state index contributed by atoms with van der Waals surface area (Å²) in [7, 11) is 0. The summed E-state index contributed by atoms with van der Waals surface area (Å²) in [5.74, 6) is 2.97. The molecule has 0 radical (unpaired) electrons. The zero-order valence-electron chi connectivity index (χ0n) is 10.4. The molecule has 0 aromatic carbocycles. The van der Waals surface area contributed by atoms with Crippen LogP contribution in [0, 0.1) is 23.7 Å². The van der Waals surface area contributed by atoms with Crippen LogP contribution >= 0.6 is 0 Å². The maximum absolute atomic E-state index is 11.8. The Hall–Kier alpha value is -0.570. The van der Waals surface area contributed by atoms with Gasteiger partial charge in [0.05, 0.1) is 6.10 Å². The van der Waals surface area contributed by atoms with E-state index in [4.69, 9.17) is 0 Å². The Morgan fingerprint density at radius 2 is 2.06 bits per heavy atom. The number of nitrogens with one attached hydrogen (secondary N) is 1. The molecule has 0 saturated heterocycles. The second-order valence-electron chi connectivity index (χ2n) is 6.35. The smallest absolute Gasteiger partial charge is 0.220 e. The zero-order chi connectivity index (χ0) is 11.8. The highest BCUT2D eigenvalue weighted by Crippen LogP contribution is 2.49. The molecule has 2 bridgehead atoms.